The van der Waals surface area contributed by atoms with Crippen molar-refractivity contribution in [2.75, 3.05) is 13.2 Å². The standard InChI is InChI=1S/C18H27NO2S/c1-14-13-19(22(21)18(2,3)4)17(10-11-20)16(14)12-15-8-6-5-7-9-15/h5-9,12,14,17,20H,10-11,13H2,1-4H3/b16-12-/t14-,17-,22?/m0/s1. The lowest BCUT2D eigenvalue weighted by Gasteiger charge is -2.30. The molecule has 4 heteroatoms. The lowest BCUT2D eigenvalue weighted by atomic mass is 9.95. The van der Waals surface area contributed by atoms with E-state index < -0.39 is 11.0 Å². The molecule has 0 aromatic heterocycles. The Morgan fingerprint density at radius 3 is 2.50 bits per heavy atom. The van der Waals surface area contributed by atoms with Gasteiger partial charge in [-0.25, -0.2) is 8.51 Å². The van der Waals surface area contributed by atoms with Crippen molar-refractivity contribution < 1.29 is 9.32 Å². The third-order valence-corrected chi connectivity index (χ3v) is 5.90. The van der Waals surface area contributed by atoms with Gasteiger partial charge in [0.2, 0.25) is 0 Å². The highest BCUT2D eigenvalue weighted by atomic mass is 32.2. The van der Waals surface area contributed by atoms with Gasteiger partial charge in [-0.1, -0.05) is 43.3 Å². The highest BCUT2D eigenvalue weighted by molar-refractivity contribution is 7.84. The zero-order chi connectivity index (χ0) is 16.3. The fourth-order valence-corrected chi connectivity index (χ4v) is 4.47. The average Bonchev–Trinajstić information content (AvgIpc) is 2.76. The van der Waals surface area contributed by atoms with Crippen molar-refractivity contribution in [1.82, 2.24) is 4.31 Å². The second-order valence-electron chi connectivity index (χ2n) is 6.95. The van der Waals surface area contributed by atoms with Gasteiger partial charge in [-0.05, 0) is 44.2 Å². The lowest BCUT2D eigenvalue weighted by Crippen LogP contribution is -2.41. The zero-order valence-corrected chi connectivity index (χ0v) is 14.8. The Kier molecular flexibility index (Phi) is 5.59. The quantitative estimate of drug-likeness (QED) is 0.925. The summed E-state index contributed by atoms with van der Waals surface area (Å²) in [7, 11) is -1.06. The summed E-state index contributed by atoms with van der Waals surface area (Å²) < 4.78 is 14.6. The fourth-order valence-electron chi connectivity index (χ4n) is 2.95. The first kappa shape index (κ1) is 17.4. The van der Waals surface area contributed by atoms with Crippen LogP contribution >= 0.6 is 0 Å². The van der Waals surface area contributed by atoms with Gasteiger partial charge in [0.15, 0.2) is 0 Å². The van der Waals surface area contributed by atoms with Crippen LogP contribution in [0.5, 0.6) is 0 Å². The Labute approximate surface area is 136 Å². The molecular weight excluding hydrogens is 294 g/mol. The van der Waals surface area contributed by atoms with Crippen molar-refractivity contribution in [3.63, 3.8) is 0 Å². The van der Waals surface area contributed by atoms with Crippen LogP contribution in [0, 0.1) is 5.92 Å². The minimum absolute atomic E-state index is 0.0558. The monoisotopic (exact) mass is 321 g/mol. The average molecular weight is 321 g/mol. The van der Waals surface area contributed by atoms with Gasteiger partial charge in [-0.15, -0.1) is 0 Å². The summed E-state index contributed by atoms with van der Waals surface area (Å²) in [5, 5.41) is 9.45. The summed E-state index contributed by atoms with van der Waals surface area (Å²) >= 11 is 0. The molecule has 1 aliphatic rings. The van der Waals surface area contributed by atoms with Gasteiger partial charge in [0.05, 0.1) is 4.75 Å². The summed E-state index contributed by atoms with van der Waals surface area (Å²) in [5.41, 5.74) is 2.44. The molecule has 1 fully saturated rings. The van der Waals surface area contributed by atoms with Gasteiger partial charge >= 0.3 is 0 Å². The minimum Gasteiger partial charge on any atom is -0.396 e. The zero-order valence-electron chi connectivity index (χ0n) is 14.0. The molecule has 1 saturated heterocycles. The van der Waals surface area contributed by atoms with E-state index in [-0.39, 0.29) is 17.4 Å². The molecule has 122 valence electrons. The molecule has 0 amide bonds. The number of aliphatic hydroxyl groups excluding tert-OH is 1. The third kappa shape index (κ3) is 3.86. The first-order valence-corrected chi connectivity index (χ1v) is 9.01. The maximum absolute atomic E-state index is 12.8. The molecular formula is C18H27NO2S. The third-order valence-electron chi connectivity index (χ3n) is 4.03. The Morgan fingerprint density at radius 1 is 1.32 bits per heavy atom. The molecule has 1 aromatic carbocycles. The van der Waals surface area contributed by atoms with Crippen molar-refractivity contribution >= 4 is 17.1 Å². The molecule has 0 radical (unpaired) electrons. The summed E-state index contributed by atoms with van der Waals surface area (Å²) in [5.74, 6) is 0.350. The van der Waals surface area contributed by atoms with E-state index >= 15 is 0 Å². The number of benzene rings is 1. The molecule has 0 saturated carbocycles. The van der Waals surface area contributed by atoms with Gasteiger partial charge in [0.25, 0.3) is 0 Å². The van der Waals surface area contributed by atoms with Gasteiger partial charge in [-0.3, -0.25) is 0 Å². The van der Waals surface area contributed by atoms with Crippen molar-refractivity contribution in [2.24, 2.45) is 5.92 Å². The number of rotatable bonds is 4. The van der Waals surface area contributed by atoms with Crippen molar-refractivity contribution in [3.8, 4) is 0 Å². The molecule has 1 heterocycles. The van der Waals surface area contributed by atoms with E-state index in [0.717, 1.165) is 12.1 Å². The number of aliphatic hydroxyl groups is 1. The van der Waals surface area contributed by atoms with E-state index in [1.165, 1.54) is 5.57 Å². The molecule has 3 nitrogen and oxygen atoms in total. The largest absolute Gasteiger partial charge is 0.396 e. The van der Waals surface area contributed by atoms with Crippen LogP contribution in [0.2, 0.25) is 0 Å². The van der Waals surface area contributed by atoms with Gasteiger partial charge < -0.3 is 5.11 Å². The SMILES string of the molecule is C[C@H]1CN(S(=O)C(C)(C)C)[C@@H](CCO)/C1=C\c1ccccc1. The van der Waals surface area contributed by atoms with Crippen molar-refractivity contribution in [1.29, 1.82) is 0 Å². The Bertz CT molecular complexity index is 548. The highest BCUT2D eigenvalue weighted by Crippen LogP contribution is 2.36. The van der Waals surface area contributed by atoms with Crippen molar-refractivity contribution in [3.05, 3.63) is 41.5 Å². The second-order valence-corrected chi connectivity index (χ2v) is 9.14. The maximum Gasteiger partial charge on any atom is 0.100 e. The molecule has 0 aliphatic carbocycles. The van der Waals surface area contributed by atoms with Crippen LogP contribution < -0.4 is 0 Å². The summed E-state index contributed by atoms with van der Waals surface area (Å²) in [6, 6.07) is 10.3. The molecule has 22 heavy (non-hydrogen) atoms. The summed E-state index contributed by atoms with van der Waals surface area (Å²) in [6.45, 7) is 9.08. The molecule has 3 atom stereocenters. The molecule has 1 aromatic rings. The predicted molar refractivity (Wildman–Crippen MR) is 93.7 cm³/mol. The van der Waals surface area contributed by atoms with E-state index in [4.69, 9.17) is 0 Å². The Hall–Kier alpha value is -0.970. The molecule has 2 rings (SSSR count). The lowest BCUT2D eigenvalue weighted by molar-refractivity contribution is 0.258. The molecule has 0 spiro atoms. The molecule has 1 N–H and O–H groups in total. The van der Waals surface area contributed by atoms with Crippen LogP contribution in [0.4, 0.5) is 0 Å². The Balaban J connectivity index is 2.34. The summed E-state index contributed by atoms with van der Waals surface area (Å²) in [4.78, 5) is 0. The smallest absolute Gasteiger partial charge is 0.100 e. The van der Waals surface area contributed by atoms with Crippen LogP contribution in [0.15, 0.2) is 35.9 Å². The van der Waals surface area contributed by atoms with Crippen LogP contribution in [0.25, 0.3) is 6.08 Å². The number of hydrogen-bond donors (Lipinski definition) is 1. The van der Waals surface area contributed by atoms with Gasteiger partial charge in [0, 0.05) is 19.2 Å². The first-order valence-electron chi connectivity index (χ1n) is 7.90. The van der Waals surface area contributed by atoms with Gasteiger partial charge in [0.1, 0.15) is 11.0 Å². The number of nitrogens with zero attached hydrogens (tertiary/aromatic N) is 1. The predicted octanol–water partition coefficient (Wildman–Crippen LogP) is 3.23. The first-order chi connectivity index (χ1) is 10.3. The van der Waals surface area contributed by atoms with Crippen LogP contribution in [0.1, 0.15) is 39.7 Å². The number of hydrogen-bond acceptors (Lipinski definition) is 2. The van der Waals surface area contributed by atoms with Gasteiger partial charge in [-0.2, -0.15) is 0 Å². The topological polar surface area (TPSA) is 40.5 Å². The minimum atomic E-state index is -1.06. The maximum atomic E-state index is 12.8. The van der Waals surface area contributed by atoms with Crippen LogP contribution in [0.3, 0.4) is 0 Å². The van der Waals surface area contributed by atoms with E-state index in [9.17, 15) is 9.32 Å². The van der Waals surface area contributed by atoms with E-state index in [1.54, 1.807) is 0 Å². The van der Waals surface area contributed by atoms with Crippen molar-refractivity contribution in [2.45, 2.75) is 44.9 Å². The van der Waals surface area contributed by atoms with E-state index in [0.29, 0.717) is 12.3 Å². The molecule has 0 bridgehead atoms. The second kappa shape index (κ2) is 7.07. The molecule has 1 aliphatic heterocycles. The van der Waals surface area contributed by atoms with Crippen LogP contribution in [-0.4, -0.2) is 37.6 Å². The highest BCUT2D eigenvalue weighted by Gasteiger charge is 2.40. The van der Waals surface area contributed by atoms with Crippen LogP contribution in [-0.2, 0) is 11.0 Å². The fraction of sp³-hybridized carbons (Fsp3) is 0.556. The molecule has 1 unspecified atom stereocenters. The van der Waals surface area contributed by atoms with E-state index in [2.05, 4.69) is 29.4 Å². The summed E-state index contributed by atoms with van der Waals surface area (Å²) in [6.07, 6.45) is 2.83. The Morgan fingerprint density at radius 2 is 1.95 bits per heavy atom. The normalized spacial score (nSPS) is 26.5. The van der Waals surface area contributed by atoms with E-state index in [1.807, 2.05) is 39.0 Å².